The Labute approximate surface area is 160 Å². The number of phenols is 1. The highest BCUT2D eigenvalue weighted by atomic mass is 35.5. The van der Waals surface area contributed by atoms with Crippen LogP contribution >= 0.6 is 23.2 Å². The van der Waals surface area contributed by atoms with Crippen LogP contribution in [0, 0.1) is 0 Å². The van der Waals surface area contributed by atoms with E-state index in [2.05, 4.69) is 4.72 Å². The molecule has 3 aromatic carbocycles. The van der Waals surface area contributed by atoms with Crippen molar-refractivity contribution < 1.29 is 18.3 Å². The van der Waals surface area contributed by atoms with E-state index in [9.17, 15) is 13.5 Å². The van der Waals surface area contributed by atoms with E-state index in [-0.39, 0.29) is 15.7 Å². The summed E-state index contributed by atoms with van der Waals surface area (Å²) in [5, 5.41) is 9.92. The molecular formula is C18H13Cl2NO4S. The van der Waals surface area contributed by atoms with Crippen LogP contribution in [0.1, 0.15) is 0 Å². The van der Waals surface area contributed by atoms with Crippen LogP contribution in [0.5, 0.6) is 17.2 Å². The first-order chi connectivity index (χ1) is 12.4. The molecule has 5 nitrogen and oxygen atoms in total. The van der Waals surface area contributed by atoms with Gasteiger partial charge in [0.25, 0.3) is 10.0 Å². The van der Waals surface area contributed by atoms with Crippen molar-refractivity contribution in [1.82, 2.24) is 0 Å². The number of sulfonamides is 1. The number of hydrogen-bond acceptors (Lipinski definition) is 4. The number of benzene rings is 3. The monoisotopic (exact) mass is 409 g/mol. The lowest BCUT2D eigenvalue weighted by Gasteiger charge is -2.14. The van der Waals surface area contributed by atoms with Crippen molar-refractivity contribution in [3.8, 4) is 17.2 Å². The largest absolute Gasteiger partial charge is 0.505 e. The summed E-state index contributed by atoms with van der Waals surface area (Å²) in [6.45, 7) is 0. The lowest BCUT2D eigenvalue weighted by molar-refractivity contribution is 0.459. The molecule has 3 rings (SSSR count). The van der Waals surface area contributed by atoms with E-state index in [0.29, 0.717) is 11.5 Å². The van der Waals surface area contributed by atoms with Crippen molar-refractivity contribution in [2.45, 2.75) is 4.90 Å². The summed E-state index contributed by atoms with van der Waals surface area (Å²) in [6, 6.07) is 17.8. The van der Waals surface area contributed by atoms with Gasteiger partial charge in [-0.2, -0.15) is 0 Å². The molecule has 2 N–H and O–H groups in total. The minimum atomic E-state index is -4.15. The van der Waals surface area contributed by atoms with Crippen LogP contribution in [-0.4, -0.2) is 13.5 Å². The van der Waals surface area contributed by atoms with Crippen LogP contribution in [0.4, 0.5) is 5.69 Å². The maximum atomic E-state index is 12.7. The van der Waals surface area contributed by atoms with E-state index in [0.717, 1.165) is 6.07 Å². The molecule has 0 fully saturated rings. The van der Waals surface area contributed by atoms with Gasteiger partial charge in [0.15, 0.2) is 11.5 Å². The minimum absolute atomic E-state index is 0.0852. The molecule has 0 saturated heterocycles. The van der Waals surface area contributed by atoms with E-state index in [1.165, 1.54) is 6.07 Å². The third-order valence-corrected chi connectivity index (χ3v) is 5.27. The molecule has 0 spiro atoms. The molecule has 0 aliphatic carbocycles. The highest BCUT2D eigenvalue weighted by molar-refractivity contribution is 7.92. The average Bonchev–Trinajstić information content (AvgIpc) is 2.60. The zero-order valence-electron chi connectivity index (χ0n) is 13.2. The van der Waals surface area contributed by atoms with Crippen molar-refractivity contribution in [3.05, 3.63) is 76.8 Å². The highest BCUT2D eigenvalue weighted by Gasteiger charge is 2.23. The molecule has 0 bridgehead atoms. The van der Waals surface area contributed by atoms with Gasteiger partial charge >= 0.3 is 0 Å². The molecule has 0 amide bonds. The Morgan fingerprint density at radius 2 is 1.58 bits per heavy atom. The smallest absolute Gasteiger partial charge is 0.265 e. The molecule has 26 heavy (non-hydrogen) atoms. The second-order valence-electron chi connectivity index (χ2n) is 5.25. The lowest BCUT2D eigenvalue weighted by Crippen LogP contribution is -2.14. The first-order valence-corrected chi connectivity index (χ1v) is 9.63. The third kappa shape index (κ3) is 4.04. The van der Waals surface area contributed by atoms with Crippen LogP contribution in [0.15, 0.2) is 71.6 Å². The first kappa shape index (κ1) is 18.4. The summed E-state index contributed by atoms with van der Waals surface area (Å²) in [4.78, 5) is -0.426. The molecule has 8 heteroatoms. The van der Waals surface area contributed by atoms with Crippen molar-refractivity contribution in [3.63, 3.8) is 0 Å². The lowest BCUT2D eigenvalue weighted by atomic mass is 10.3. The quantitative estimate of drug-likeness (QED) is 0.599. The number of rotatable bonds is 5. The van der Waals surface area contributed by atoms with E-state index in [4.69, 9.17) is 27.9 Å². The van der Waals surface area contributed by atoms with Gasteiger partial charge in [-0.25, -0.2) is 8.42 Å². The second kappa shape index (κ2) is 7.45. The Morgan fingerprint density at radius 3 is 2.31 bits per heavy atom. The SMILES string of the molecule is O=S(=O)(Nc1ccccc1Oc1ccccc1)c1cc(Cl)cc(Cl)c1O. The molecule has 0 radical (unpaired) electrons. The van der Waals surface area contributed by atoms with Gasteiger partial charge in [-0.1, -0.05) is 53.5 Å². The van der Waals surface area contributed by atoms with Crippen molar-refractivity contribution >= 4 is 38.9 Å². The number of hydrogen-bond donors (Lipinski definition) is 2. The maximum Gasteiger partial charge on any atom is 0.265 e. The Hall–Kier alpha value is -2.41. The molecule has 0 aliphatic heterocycles. The second-order valence-corrected chi connectivity index (χ2v) is 7.75. The molecule has 0 aromatic heterocycles. The molecule has 0 aliphatic rings. The summed E-state index contributed by atoms with van der Waals surface area (Å²) in [7, 11) is -4.15. The summed E-state index contributed by atoms with van der Waals surface area (Å²) < 4.78 is 33.5. The van der Waals surface area contributed by atoms with Crippen LogP contribution in [0.2, 0.25) is 10.0 Å². The number of anilines is 1. The van der Waals surface area contributed by atoms with E-state index < -0.39 is 20.7 Å². The highest BCUT2D eigenvalue weighted by Crippen LogP contribution is 2.36. The van der Waals surface area contributed by atoms with E-state index in [1.807, 2.05) is 6.07 Å². The Morgan fingerprint density at radius 1 is 0.923 bits per heavy atom. The first-order valence-electron chi connectivity index (χ1n) is 7.39. The zero-order valence-corrected chi connectivity index (χ0v) is 15.5. The van der Waals surface area contributed by atoms with E-state index in [1.54, 1.807) is 48.5 Å². The molecule has 3 aromatic rings. The fourth-order valence-corrected chi connectivity index (χ4v) is 4.03. The number of aromatic hydroxyl groups is 1. The summed E-state index contributed by atoms with van der Waals surface area (Å²) in [5.41, 5.74) is 0.201. The van der Waals surface area contributed by atoms with E-state index >= 15 is 0 Å². The van der Waals surface area contributed by atoms with Crippen LogP contribution in [0.3, 0.4) is 0 Å². The number of ether oxygens (including phenoxy) is 1. The molecule has 0 atom stereocenters. The minimum Gasteiger partial charge on any atom is -0.505 e. The predicted octanol–water partition coefficient (Wildman–Crippen LogP) is 5.29. The number of phenolic OH excluding ortho intramolecular Hbond substituents is 1. The molecule has 0 unspecified atom stereocenters. The molecule has 0 saturated carbocycles. The predicted molar refractivity (Wildman–Crippen MR) is 102 cm³/mol. The Balaban J connectivity index is 1.96. The standard InChI is InChI=1S/C18H13Cl2NO4S/c19-12-10-14(20)18(22)17(11-12)26(23,24)21-15-8-4-5-9-16(15)25-13-6-2-1-3-7-13/h1-11,21-22H. The van der Waals surface area contributed by atoms with Crippen LogP contribution < -0.4 is 9.46 Å². The van der Waals surface area contributed by atoms with Crippen molar-refractivity contribution in [1.29, 1.82) is 0 Å². The maximum absolute atomic E-state index is 12.7. The van der Waals surface area contributed by atoms with Gasteiger partial charge in [-0.05, 0) is 36.4 Å². The van der Waals surface area contributed by atoms with Gasteiger partial charge in [0.05, 0.1) is 10.7 Å². The van der Waals surface area contributed by atoms with Crippen molar-refractivity contribution in [2.75, 3.05) is 4.72 Å². The topological polar surface area (TPSA) is 75.6 Å². The molecule has 0 heterocycles. The number of nitrogens with one attached hydrogen (secondary N) is 1. The summed E-state index contributed by atoms with van der Waals surface area (Å²) >= 11 is 11.7. The average molecular weight is 410 g/mol. The van der Waals surface area contributed by atoms with Gasteiger partial charge in [0, 0.05) is 5.02 Å². The zero-order chi connectivity index (χ0) is 18.7. The van der Waals surface area contributed by atoms with Gasteiger partial charge in [-0.3, -0.25) is 4.72 Å². The van der Waals surface area contributed by atoms with Crippen molar-refractivity contribution in [2.24, 2.45) is 0 Å². The fraction of sp³-hybridized carbons (Fsp3) is 0. The van der Waals surface area contributed by atoms with Crippen LogP contribution in [0.25, 0.3) is 0 Å². The third-order valence-electron chi connectivity index (χ3n) is 3.39. The van der Waals surface area contributed by atoms with Gasteiger partial charge in [0.1, 0.15) is 10.6 Å². The fourth-order valence-electron chi connectivity index (χ4n) is 2.20. The number of halogens is 2. The van der Waals surface area contributed by atoms with Gasteiger partial charge in [0.2, 0.25) is 0 Å². The van der Waals surface area contributed by atoms with Gasteiger partial charge in [-0.15, -0.1) is 0 Å². The molecule has 134 valence electrons. The Bertz CT molecular complexity index is 1040. The Kier molecular flexibility index (Phi) is 5.27. The molecular weight excluding hydrogens is 397 g/mol. The summed E-state index contributed by atoms with van der Waals surface area (Å²) in [5.74, 6) is 0.271. The summed E-state index contributed by atoms with van der Waals surface area (Å²) in [6.07, 6.45) is 0. The number of para-hydroxylation sites is 3. The van der Waals surface area contributed by atoms with Gasteiger partial charge < -0.3 is 9.84 Å². The normalized spacial score (nSPS) is 11.2. The van der Waals surface area contributed by atoms with Crippen LogP contribution in [-0.2, 0) is 10.0 Å².